The van der Waals surface area contributed by atoms with Crippen molar-refractivity contribution < 1.29 is 9.18 Å². The summed E-state index contributed by atoms with van der Waals surface area (Å²) in [6, 6.07) is 6.83. The monoisotopic (exact) mass is 395 g/mol. The van der Waals surface area contributed by atoms with E-state index < -0.39 is 11.7 Å². The van der Waals surface area contributed by atoms with Gasteiger partial charge < -0.3 is 5.32 Å². The van der Waals surface area contributed by atoms with Crippen molar-refractivity contribution in [2.75, 3.05) is 5.32 Å². The maximum absolute atomic E-state index is 13.6. The molecule has 104 valence electrons. The normalized spacial score (nSPS) is 10.4. The molecule has 2 rings (SSSR count). The molecule has 2 nitrogen and oxygen atoms in total. The molecular weight excluding hydrogens is 391 g/mol. The molecule has 0 bridgehead atoms. The number of hydrogen-bond acceptors (Lipinski definition) is 1. The van der Waals surface area contributed by atoms with E-state index in [0.717, 1.165) is 6.07 Å². The standard InChI is InChI=1S/C13H6BrCl3FNO/c14-6-3-9(16)12(10(17)4-6)19-13(20)8-5-7(15)1-2-11(8)18/h1-5H,(H,19,20). The van der Waals surface area contributed by atoms with Crippen LogP contribution < -0.4 is 5.32 Å². The van der Waals surface area contributed by atoms with Gasteiger partial charge in [-0.2, -0.15) is 0 Å². The third-order valence-electron chi connectivity index (χ3n) is 2.42. The van der Waals surface area contributed by atoms with Crippen LogP contribution in [0.5, 0.6) is 0 Å². The van der Waals surface area contributed by atoms with Crippen LogP contribution in [0.2, 0.25) is 15.1 Å². The largest absolute Gasteiger partial charge is 0.319 e. The summed E-state index contributed by atoms with van der Waals surface area (Å²) in [5.74, 6) is -1.37. The Labute approximate surface area is 138 Å². The van der Waals surface area contributed by atoms with Gasteiger partial charge in [0.1, 0.15) is 5.82 Å². The molecule has 0 radical (unpaired) electrons. The van der Waals surface area contributed by atoms with Crippen molar-refractivity contribution in [3.63, 3.8) is 0 Å². The van der Waals surface area contributed by atoms with E-state index >= 15 is 0 Å². The molecule has 0 unspecified atom stereocenters. The molecule has 0 fully saturated rings. The Kier molecular flexibility index (Phi) is 4.91. The fraction of sp³-hybridized carbons (Fsp3) is 0. The summed E-state index contributed by atoms with van der Waals surface area (Å²) < 4.78 is 14.3. The maximum atomic E-state index is 13.6. The molecule has 0 atom stereocenters. The lowest BCUT2D eigenvalue weighted by atomic mass is 10.2. The molecule has 1 amide bonds. The van der Waals surface area contributed by atoms with E-state index in [1.807, 2.05) is 0 Å². The number of benzene rings is 2. The first-order valence-corrected chi connectivity index (χ1v) is 7.22. The zero-order valence-electron chi connectivity index (χ0n) is 9.68. The second kappa shape index (κ2) is 6.31. The number of rotatable bonds is 2. The topological polar surface area (TPSA) is 29.1 Å². The third-order valence-corrected chi connectivity index (χ3v) is 3.71. The number of amides is 1. The fourth-order valence-electron chi connectivity index (χ4n) is 1.51. The van der Waals surface area contributed by atoms with Gasteiger partial charge in [-0.3, -0.25) is 4.79 Å². The van der Waals surface area contributed by atoms with Crippen molar-refractivity contribution in [3.05, 3.63) is 61.3 Å². The summed E-state index contributed by atoms with van der Waals surface area (Å²) in [7, 11) is 0. The average Bonchev–Trinajstić information content (AvgIpc) is 2.36. The van der Waals surface area contributed by atoms with Gasteiger partial charge in [0.05, 0.1) is 21.3 Å². The highest BCUT2D eigenvalue weighted by atomic mass is 79.9. The van der Waals surface area contributed by atoms with Crippen molar-refractivity contribution in [1.29, 1.82) is 0 Å². The molecule has 0 aliphatic carbocycles. The van der Waals surface area contributed by atoms with Gasteiger partial charge in [-0.25, -0.2) is 4.39 Å². The molecule has 7 heteroatoms. The van der Waals surface area contributed by atoms with Crippen LogP contribution >= 0.6 is 50.7 Å². The molecule has 2 aromatic rings. The molecular formula is C13H6BrCl3FNO. The van der Waals surface area contributed by atoms with Gasteiger partial charge >= 0.3 is 0 Å². The lowest BCUT2D eigenvalue weighted by molar-refractivity contribution is 0.102. The van der Waals surface area contributed by atoms with E-state index in [0.29, 0.717) is 4.47 Å². The van der Waals surface area contributed by atoms with Gasteiger partial charge in [0.2, 0.25) is 0 Å². The second-order valence-electron chi connectivity index (χ2n) is 3.82. The van der Waals surface area contributed by atoms with Crippen LogP contribution in [0, 0.1) is 5.82 Å². The first-order chi connectivity index (χ1) is 9.38. The molecule has 0 heterocycles. The lowest BCUT2D eigenvalue weighted by Crippen LogP contribution is -2.14. The molecule has 2 aromatic carbocycles. The Bertz CT molecular complexity index is 670. The minimum atomic E-state index is -0.684. The predicted octanol–water partition coefficient (Wildman–Crippen LogP) is 5.80. The van der Waals surface area contributed by atoms with E-state index in [9.17, 15) is 9.18 Å². The molecule has 0 aliphatic heterocycles. The fourth-order valence-corrected chi connectivity index (χ4v) is 2.99. The van der Waals surface area contributed by atoms with Crippen molar-refractivity contribution in [1.82, 2.24) is 0 Å². The molecule has 0 spiro atoms. The van der Waals surface area contributed by atoms with E-state index in [1.165, 1.54) is 12.1 Å². The first kappa shape index (κ1) is 15.6. The lowest BCUT2D eigenvalue weighted by Gasteiger charge is -2.10. The van der Waals surface area contributed by atoms with Gasteiger partial charge in [0.15, 0.2) is 0 Å². The van der Waals surface area contributed by atoms with Crippen LogP contribution in [0.15, 0.2) is 34.8 Å². The molecule has 0 aliphatic rings. The van der Waals surface area contributed by atoms with Crippen LogP contribution in [0.25, 0.3) is 0 Å². The van der Waals surface area contributed by atoms with E-state index in [2.05, 4.69) is 21.2 Å². The highest BCUT2D eigenvalue weighted by molar-refractivity contribution is 9.10. The van der Waals surface area contributed by atoms with E-state index in [1.54, 1.807) is 12.1 Å². The van der Waals surface area contributed by atoms with Crippen LogP contribution in [0.4, 0.5) is 10.1 Å². The zero-order valence-corrected chi connectivity index (χ0v) is 13.5. The van der Waals surface area contributed by atoms with Crippen molar-refractivity contribution in [2.45, 2.75) is 0 Å². The summed E-state index contributed by atoms with van der Waals surface area (Å²) >= 11 is 20.9. The van der Waals surface area contributed by atoms with Gasteiger partial charge in [0, 0.05) is 9.50 Å². The van der Waals surface area contributed by atoms with Crippen LogP contribution in [0.3, 0.4) is 0 Å². The van der Waals surface area contributed by atoms with Gasteiger partial charge in [0.25, 0.3) is 5.91 Å². The van der Waals surface area contributed by atoms with Crippen molar-refractivity contribution in [3.8, 4) is 0 Å². The Morgan fingerprint density at radius 3 is 2.30 bits per heavy atom. The molecule has 0 saturated carbocycles. The van der Waals surface area contributed by atoms with Crippen LogP contribution in [-0.4, -0.2) is 5.91 Å². The summed E-state index contributed by atoms with van der Waals surface area (Å²) in [4.78, 5) is 12.0. The van der Waals surface area contributed by atoms with E-state index in [4.69, 9.17) is 34.8 Å². The number of hydrogen-bond donors (Lipinski definition) is 1. The van der Waals surface area contributed by atoms with Gasteiger partial charge in [-0.1, -0.05) is 50.7 Å². The maximum Gasteiger partial charge on any atom is 0.258 e. The van der Waals surface area contributed by atoms with Crippen LogP contribution in [0.1, 0.15) is 10.4 Å². The number of anilines is 1. The zero-order chi connectivity index (χ0) is 14.9. The van der Waals surface area contributed by atoms with Crippen molar-refractivity contribution in [2.24, 2.45) is 0 Å². The number of halogens is 5. The van der Waals surface area contributed by atoms with Crippen molar-refractivity contribution >= 4 is 62.3 Å². The number of carbonyl (C=O) groups is 1. The van der Waals surface area contributed by atoms with Gasteiger partial charge in [-0.15, -0.1) is 0 Å². The SMILES string of the molecule is O=C(Nc1c(Cl)cc(Br)cc1Cl)c1cc(Cl)ccc1F. The molecule has 0 saturated heterocycles. The molecule has 0 aromatic heterocycles. The summed E-state index contributed by atoms with van der Waals surface area (Å²) in [6.07, 6.45) is 0. The highest BCUT2D eigenvalue weighted by Crippen LogP contribution is 2.34. The average molecular weight is 397 g/mol. The summed E-state index contributed by atoms with van der Waals surface area (Å²) in [5.41, 5.74) is 0.0217. The quantitative estimate of drug-likeness (QED) is 0.682. The number of carbonyl (C=O) groups excluding carboxylic acids is 1. The summed E-state index contributed by atoms with van der Waals surface area (Å²) in [5, 5.41) is 3.19. The summed E-state index contributed by atoms with van der Waals surface area (Å²) in [6.45, 7) is 0. The number of nitrogens with one attached hydrogen (secondary N) is 1. The second-order valence-corrected chi connectivity index (χ2v) is 5.99. The van der Waals surface area contributed by atoms with Gasteiger partial charge in [-0.05, 0) is 30.3 Å². The Hall–Kier alpha value is -0.810. The third kappa shape index (κ3) is 3.44. The van der Waals surface area contributed by atoms with Crippen LogP contribution in [-0.2, 0) is 0 Å². The molecule has 20 heavy (non-hydrogen) atoms. The Morgan fingerprint density at radius 1 is 1.10 bits per heavy atom. The predicted molar refractivity (Wildman–Crippen MR) is 83.5 cm³/mol. The Morgan fingerprint density at radius 2 is 1.70 bits per heavy atom. The first-order valence-electron chi connectivity index (χ1n) is 5.29. The van der Waals surface area contributed by atoms with E-state index in [-0.39, 0.29) is 26.3 Å². The minimum absolute atomic E-state index is 0.187. The highest BCUT2D eigenvalue weighted by Gasteiger charge is 2.16. The molecule has 1 N–H and O–H groups in total. The smallest absolute Gasteiger partial charge is 0.258 e. The Balaban J connectivity index is 2.35. The minimum Gasteiger partial charge on any atom is -0.319 e.